The van der Waals surface area contributed by atoms with Crippen molar-refractivity contribution in [2.75, 3.05) is 12.9 Å². The van der Waals surface area contributed by atoms with Crippen LogP contribution >= 0.6 is 11.3 Å². The molecule has 3 aromatic rings. The molecule has 204 valence electrons. The lowest BCUT2D eigenvalue weighted by atomic mass is 10.0. The van der Waals surface area contributed by atoms with Crippen LogP contribution in [-0.2, 0) is 30.8 Å². The van der Waals surface area contributed by atoms with Crippen molar-refractivity contribution >= 4 is 27.1 Å². The topological polar surface area (TPSA) is 126 Å². The highest BCUT2D eigenvalue weighted by Gasteiger charge is 2.44. The van der Waals surface area contributed by atoms with E-state index in [-0.39, 0.29) is 18.5 Å². The van der Waals surface area contributed by atoms with Crippen LogP contribution in [0.5, 0.6) is 10.9 Å². The molecule has 4 rings (SSSR count). The van der Waals surface area contributed by atoms with Crippen LogP contribution in [0.4, 0.5) is 4.39 Å². The number of aromatic nitrogens is 2. The molecule has 0 bridgehead atoms. The van der Waals surface area contributed by atoms with Crippen molar-refractivity contribution in [3.05, 3.63) is 64.3 Å². The minimum atomic E-state index is -3.95. The third-order valence-corrected chi connectivity index (χ3v) is 9.06. The Morgan fingerprint density at radius 2 is 2.16 bits per heavy atom. The third-order valence-electron chi connectivity index (χ3n) is 6.39. The minimum absolute atomic E-state index is 0.0559. The van der Waals surface area contributed by atoms with Crippen LogP contribution in [0.3, 0.4) is 0 Å². The number of hydroxylamine groups is 1. The zero-order valence-corrected chi connectivity index (χ0v) is 22.5. The van der Waals surface area contributed by atoms with Crippen LogP contribution in [0.1, 0.15) is 32.6 Å². The van der Waals surface area contributed by atoms with Crippen molar-refractivity contribution in [1.29, 1.82) is 0 Å². The number of amides is 1. The molecule has 0 saturated carbocycles. The zero-order valence-electron chi connectivity index (χ0n) is 20.9. The maximum Gasteiger partial charge on any atom is 0.278 e. The lowest BCUT2D eigenvalue weighted by Crippen LogP contribution is -2.51. The predicted octanol–water partition coefficient (Wildman–Crippen LogP) is 3.67. The highest BCUT2D eigenvalue weighted by atomic mass is 32.2. The van der Waals surface area contributed by atoms with Crippen LogP contribution in [0, 0.1) is 5.82 Å². The van der Waals surface area contributed by atoms with E-state index >= 15 is 4.39 Å². The largest absolute Gasteiger partial charge is 0.431 e. The monoisotopic (exact) mass is 565 g/mol. The number of hydrogen-bond donors (Lipinski definition) is 1. The number of pyridine rings is 1. The fraction of sp³-hybridized carbons (Fsp3) is 0.400. The third kappa shape index (κ3) is 6.46. The van der Waals surface area contributed by atoms with Crippen molar-refractivity contribution in [2.45, 2.75) is 50.2 Å². The summed E-state index contributed by atoms with van der Waals surface area (Å²) >= 11 is 1.30. The average molecular weight is 566 g/mol. The lowest BCUT2D eigenvalue weighted by molar-refractivity contribution is -0.201. The number of thiazole rings is 1. The maximum absolute atomic E-state index is 15.1. The number of benzene rings is 1. The second kappa shape index (κ2) is 11.7. The summed E-state index contributed by atoms with van der Waals surface area (Å²) in [4.78, 5) is 35.0. The van der Waals surface area contributed by atoms with Gasteiger partial charge in [0.05, 0.1) is 0 Å². The summed E-state index contributed by atoms with van der Waals surface area (Å²) in [7, 11) is -3.95. The number of carbonyl (C=O) groups is 1. The van der Waals surface area contributed by atoms with Gasteiger partial charge in [-0.3, -0.25) is 9.59 Å². The number of carbonyl (C=O) groups excluding carboxylic acids is 1. The van der Waals surface area contributed by atoms with E-state index in [0.717, 1.165) is 35.9 Å². The summed E-state index contributed by atoms with van der Waals surface area (Å²) in [6, 6.07) is 7.70. The first-order chi connectivity index (χ1) is 18.1. The van der Waals surface area contributed by atoms with Crippen LogP contribution in [0.25, 0.3) is 11.1 Å². The first kappa shape index (κ1) is 27.9. The van der Waals surface area contributed by atoms with E-state index in [1.807, 2.05) is 0 Å². The van der Waals surface area contributed by atoms with E-state index in [2.05, 4.69) is 10.5 Å². The van der Waals surface area contributed by atoms with Crippen molar-refractivity contribution in [1.82, 2.24) is 15.0 Å². The zero-order chi connectivity index (χ0) is 27.3. The SMILES string of the molecule is C[C@@](CCn1cc(F)c(-c2cccc(Oc3nccs3)c2)cc1=O)(C(=O)NOC1CCCCO1)S(C)(=O)=O. The molecule has 1 unspecified atom stereocenters. The molecule has 2 atom stereocenters. The second-order valence-corrected chi connectivity index (χ2v) is 12.4. The van der Waals surface area contributed by atoms with E-state index in [9.17, 15) is 18.0 Å². The summed E-state index contributed by atoms with van der Waals surface area (Å²) in [5.41, 5.74) is 2.11. The number of nitrogens with one attached hydrogen (secondary N) is 1. The van der Waals surface area contributed by atoms with Gasteiger partial charge in [0.1, 0.15) is 11.6 Å². The van der Waals surface area contributed by atoms with E-state index in [4.69, 9.17) is 14.3 Å². The molecule has 10 nitrogen and oxygen atoms in total. The molecule has 1 fully saturated rings. The molecule has 1 aromatic carbocycles. The van der Waals surface area contributed by atoms with Gasteiger partial charge in [-0.2, -0.15) is 0 Å². The maximum atomic E-state index is 15.1. The molecule has 0 aliphatic carbocycles. The molecule has 13 heteroatoms. The van der Waals surface area contributed by atoms with Gasteiger partial charge in [0, 0.05) is 55.2 Å². The number of ether oxygens (including phenoxy) is 2. The molecular weight excluding hydrogens is 537 g/mol. The Kier molecular flexibility index (Phi) is 8.61. The van der Waals surface area contributed by atoms with Gasteiger partial charge in [0.15, 0.2) is 20.9 Å². The van der Waals surface area contributed by atoms with Gasteiger partial charge < -0.3 is 14.0 Å². The van der Waals surface area contributed by atoms with Crippen LogP contribution in [-0.4, -0.2) is 47.8 Å². The molecule has 1 N–H and O–H groups in total. The first-order valence-corrected chi connectivity index (χ1v) is 14.7. The Morgan fingerprint density at radius 1 is 1.34 bits per heavy atom. The highest BCUT2D eigenvalue weighted by Crippen LogP contribution is 2.29. The second-order valence-electron chi connectivity index (χ2n) is 9.09. The van der Waals surface area contributed by atoms with Gasteiger partial charge >= 0.3 is 0 Å². The first-order valence-electron chi connectivity index (χ1n) is 11.9. The van der Waals surface area contributed by atoms with Crippen molar-refractivity contribution in [2.24, 2.45) is 0 Å². The molecule has 1 amide bonds. The van der Waals surface area contributed by atoms with E-state index in [0.29, 0.717) is 29.5 Å². The molecule has 0 spiro atoms. The summed E-state index contributed by atoms with van der Waals surface area (Å²) in [5, 5.41) is 2.18. The molecule has 1 aliphatic heterocycles. The Labute approximate surface area is 223 Å². The van der Waals surface area contributed by atoms with Crippen molar-refractivity contribution in [3.8, 4) is 22.1 Å². The Morgan fingerprint density at radius 3 is 2.84 bits per heavy atom. The predicted molar refractivity (Wildman–Crippen MR) is 139 cm³/mol. The van der Waals surface area contributed by atoms with Gasteiger partial charge in [-0.05, 0) is 43.9 Å². The summed E-state index contributed by atoms with van der Waals surface area (Å²) in [6.45, 7) is 1.50. The Bertz CT molecular complexity index is 1440. The van der Waals surface area contributed by atoms with Crippen LogP contribution in [0.2, 0.25) is 0 Å². The quantitative estimate of drug-likeness (QED) is 0.369. The molecular formula is C25H28FN3O7S2. The summed E-state index contributed by atoms with van der Waals surface area (Å²) in [5.74, 6) is -1.16. The molecule has 38 heavy (non-hydrogen) atoms. The fourth-order valence-corrected chi connectivity index (χ4v) is 5.21. The average Bonchev–Trinajstić information content (AvgIpc) is 3.40. The standard InChI is InChI=1S/C25H28FN3O7S2/c1-25(38(2,32)33,23(31)28-36-22-8-3-4-12-34-22)9-11-29-16-20(26)19(15-21(29)30)17-6-5-7-18(14-17)35-24-27-10-13-37-24/h5-7,10,13-16,22H,3-4,8-9,11-12H2,1-2H3,(H,28,31)/t22?,25-/m1/s1. The number of halogens is 1. The van der Waals surface area contributed by atoms with Gasteiger partial charge in [0.25, 0.3) is 16.7 Å². The number of rotatable bonds is 10. The summed E-state index contributed by atoms with van der Waals surface area (Å²) < 4.78 is 50.4. The van der Waals surface area contributed by atoms with E-state index < -0.39 is 38.2 Å². The van der Waals surface area contributed by atoms with Gasteiger partial charge in [0.2, 0.25) is 0 Å². The molecule has 0 radical (unpaired) electrons. The molecule has 3 heterocycles. The van der Waals surface area contributed by atoms with Crippen LogP contribution < -0.4 is 15.8 Å². The van der Waals surface area contributed by atoms with Gasteiger partial charge in [-0.15, -0.1) is 0 Å². The number of sulfone groups is 1. The molecule has 1 aliphatic rings. The van der Waals surface area contributed by atoms with Gasteiger partial charge in [-0.25, -0.2) is 28.1 Å². The number of aryl methyl sites for hydroxylation is 1. The van der Waals surface area contributed by atoms with E-state index in [1.54, 1.807) is 35.8 Å². The molecule has 1 saturated heterocycles. The Balaban J connectivity index is 1.49. The number of nitrogens with zero attached hydrogens (tertiary/aromatic N) is 2. The lowest BCUT2D eigenvalue weighted by Gasteiger charge is -2.28. The van der Waals surface area contributed by atoms with Crippen molar-refractivity contribution in [3.63, 3.8) is 0 Å². The van der Waals surface area contributed by atoms with E-state index in [1.165, 1.54) is 18.3 Å². The van der Waals surface area contributed by atoms with Gasteiger partial charge in [-0.1, -0.05) is 23.5 Å². The molecule has 2 aromatic heterocycles. The number of hydrogen-bond acceptors (Lipinski definition) is 9. The Hall–Kier alpha value is -3.13. The smallest absolute Gasteiger partial charge is 0.278 e. The normalized spacial score (nSPS) is 17.5. The minimum Gasteiger partial charge on any atom is -0.431 e. The van der Waals surface area contributed by atoms with Crippen molar-refractivity contribution < 1.29 is 31.9 Å². The van der Waals surface area contributed by atoms with Crippen LogP contribution in [0.15, 0.2) is 52.9 Å². The fourth-order valence-electron chi connectivity index (χ4n) is 3.86. The highest BCUT2D eigenvalue weighted by molar-refractivity contribution is 7.92. The summed E-state index contributed by atoms with van der Waals surface area (Å²) in [6.07, 6.45) is 4.88.